The molecule has 0 aromatic heterocycles. The summed E-state index contributed by atoms with van der Waals surface area (Å²) >= 11 is -0.167. The molecule has 5 heteroatoms. The Bertz CT molecular complexity index is 162. The molecule has 1 N–H and O–H groups in total. The average molecular weight is 134 g/mol. The second-order valence-electron chi connectivity index (χ2n) is 0.883. The summed E-state index contributed by atoms with van der Waals surface area (Å²) in [6.07, 6.45) is 0. The number of carboxylic acid groups (broad SMARTS) is 1. The number of aliphatic carboxylic acids is 1. The maximum absolute atomic E-state index is 9.87. The van der Waals surface area contributed by atoms with Crippen molar-refractivity contribution in [2.45, 2.75) is 0 Å². The van der Waals surface area contributed by atoms with Crippen molar-refractivity contribution >= 4 is 28.4 Å². The van der Waals surface area contributed by atoms with Crippen LogP contribution in [-0.2, 0) is 20.8 Å². The highest BCUT2D eigenvalue weighted by atomic mass is 32.1. The van der Waals surface area contributed by atoms with Gasteiger partial charge in [0.25, 0.3) is 5.78 Å². The Morgan fingerprint density at radius 3 is 2.12 bits per heavy atom. The van der Waals surface area contributed by atoms with Crippen LogP contribution in [0, 0.1) is 0 Å². The number of hydrogen-bond donors (Lipinski definition) is 1. The lowest BCUT2D eigenvalue weighted by Gasteiger charge is -1.74. The van der Waals surface area contributed by atoms with Crippen LogP contribution in [0.2, 0.25) is 0 Å². The van der Waals surface area contributed by atoms with Crippen LogP contribution in [0.4, 0.5) is 0 Å². The molecule has 0 heterocycles. The summed E-state index contributed by atoms with van der Waals surface area (Å²) in [6.45, 7) is 0. The summed E-state index contributed by atoms with van der Waals surface area (Å²) in [4.78, 5) is 19.4. The molecule has 0 rings (SSSR count). The zero-order valence-electron chi connectivity index (χ0n) is 3.66. The fourth-order valence-corrected chi connectivity index (χ4v) is 0.282. The van der Waals surface area contributed by atoms with E-state index in [4.69, 9.17) is 5.11 Å². The molecule has 0 aliphatic carbocycles. The zero-order valence-corrected chi connectivity index (χ0v) is 4.47. The molecule has 8 heavy (non-hydrogen) atoms. The first-order valence-corrected chi connectivity index (χ1v) is 2.38. The van der Waals surface area contributed by atoms with Gasteiger partial charge < -0.3 is 5.11 Å². The number of rotatable bonds is 2. The van der Waals surface area contributed by atoms with E-state index in [0.29, 0.717) is 5.37 Å². The van der Waals surface area contributed by atoms with Crippen LogP contribution in [0.15, 0.2) is 0 Å². The summed E-state index contributed by atoms with van der Waals surface area (Å²) in [5.74, 6) is -2.78. The highest BCUT2D eigenvalue weighted by molar-refractivity contribution is 7.67. The van der Waals surface area contributed by atoms with Gasteiger partial charge in [-0.3, -0.25) is 4.79 Å². The molecule has 0 aromatic rings. The predicted octanol–water partition coefficient (Wildman–Crippen LogP) is -1.34. The van der Waals surface area contributed by atoms with E-state index in [1.165, 1.54) is 0 Å². The van der Waals surface area contributed by atoms with Crippen LogP contribution >= 0.6 is 0 Å². The first-order chi connectivity index (χ1) is 3.68. The standard InChI is InChI=1S/C3H2O4S/c4-2(1-8-7)3(5)6/h1H,(H,5,6). The largest absolute Gasteiger partial charge is 0.475 e. The van der Waals surface area contributed by atoms with Gasteiger partial charge in [-0.1, -0.05) is 0 Å². The molecule has 4 nitrogen and oxygen atoms in total. The molecule has 0 unspecified atom stereocenters. The van der Waals surface area contributed by atoms with Crippen molar-refractivity contribution in [3.63, 3.8) is 0 Å². The molecule has 0 aliphatic heterocycles. The van der Waals surface area contributed by atoms with E-state index >= 15 is 0 Å². The Hall–Kier alpha value is -0.970. The molecule has 0 aliphatic rings. The van der Waals surface area contributed by atoms with Crippen molar-refractivity contribution in [2.24, 2.45) is 0 Å². The SMILES string of the molecule is O=S=CC(=O)C(=O)O. The molecule has 0 saturated carbocycles. The van der Waals surface area contributed by atoms with Crippen LogP contribution < -0.4 is 0 Å². The molecule has 0 spiro atoms. The molecule has 0 atom stereocenters. The fourth-order valence-electron chi connectivity index (χ4n) is 0.0941. The molecular formula is C3H2O4S. The first-order valence-electron chi connectivity index (χ1n) is 1.57. The van der Waals surface area contributed by atoms with Crippen molar-refractivity contribution in [3.8, 4) is 0 Å². The lowest BCUT2D eigenvalue weighted by atomic mass is 10.5. The summed E-state index contributed by atoms with van der Waals surface area (Å²) in [7, 11) is 0. The summed E-state index contributed by atoms with van der Waals surface area (Å²) in [5, 5.41) is 8.27. The lowest BCUT2D eigenvalue weighted by molar-refractivity contribution is -0.145. The number of ketones is 1. The minimum absolute atomic E-state index is 0.167. The second kappa shape index (κ2) is 3.09. The van der Waals surface area contributed by atoms with Crippen LogP contribution in [0.5, 0.6) is 0 Å². The lowest BCUT2D eigenvalue weighted by Crippen LogP contribution is -2.12. The molecule has 0 radical (unpaired) electrons. The quantitative estimate of drug-likeness (QED) is 0.374. The van der Waals surface area contributed by atoms with E-state index in [0.717, 1.165) is 0 Å². The van der Waals surface area contributed by atoms with Gasteiger partial charge in [-0.25, -0.2) is 9.00 Å². The summed E-state index contributed by atoms with van der Waals surface area (Å²) in [6, 6.07) is 0. The van der Waals surface area contributed by atoms with Gasteiger partial charge in [-0.2, -0.15) is 0 Å². The van der Waals surface area contributed by atoms with Crippen LogP contribution in [0.1, 0.15) is 0 Å². The van der Waals surface area contributed by atoms with Crippen molar-refractivity contribution in [3.05, 3.63) is 0 Å². The van der Waals surface area contributed by atoms with E-state index in [2.05, 4.69) is 0 Å². The molecule has 0 amide bonds. The number of carbonyl (C=O) groups excluding carboxylic acids is 1. The van der Waals surface area contributed by atoms with Gasteiger partial charge in [-0.15, -0.1) is 0 Å². The van der Waals surface area contributed by atoms with E-state index < -0.39 is 11.8 Å². The molecule has 0 fully saturated rings. The first kappa shape index (κ1) is 7.03. The summed E-state index contributed by atoms with van der Waals surface area (Å²) in [5.41, 5.74) is 0. The van der Waals surface area contributed by atoms with E-state index in [9.17, 15) is 13.8 Å². The Balaban J connectivity index is 4.05. The van der Waals surface area contributed by atoms with Crippen LogP contribution in [0.3, 0.4) is 0 Å². The minimum atomic E-state index is -1.60. The Labute approximate surface area is 48.2 Å². The minimum Gasteiger partial charge on any atom is -0.475 e. The van der Waals surface area contributed by atoms with Gasteiger partial charge in [0.1, 0.15) is 0 Å². The highest BCUT2D eigenvalue weighted by Gasteiger charge is 2.05. The smallest absolute Gasteiger partial charge is 0.377 e. The van der Waals surface area contributed by atoms with E-state index in [1.54, 1.807) is 0 Å². The van der Waals surface area contributed by atoms with Gasteiger partial charge in [0.05, 0.1) is 16.6 Å². The maximum atomic E-state index is 9.87. The van der Waals surface area contributed by atoms with E-state index in [1.807, 2.05) is 0 Å². The van der Waals surface area contributed by atoms with Gasteiger partial charge in [-0.05, 0) is 0 Å². The third-order valence-corrected chi connectivity index (χ3v) is 0.676. The van der Waals surface area contributed by atoms with Gasteiger partial charge in [0.2, 0.25) is 0 Å². The van der Waals surface area contributed by atoms with E-state index in [-0.39, 0.29) is 11.3 Å². The number of carbonyl (C=O) groups is 2. The van der Waals surface area contributed by atoms with Crippen molar-refractivity contribution in [1.29, 1.82) is 0 Å². The Morgan fingerprint density at radius 2 is 2.00 bits per heavy atom. The molecule has 0 bridgehead atoms. The topological polar surface area (TPSA) is 71.4 Å². The van der Waals surface area contributed by atoms with Crippen LogP contribution in [0.25, 0.3) is 0 Å². The molecular weight excluding hydrogens is 132 g/mol. The molecule has 0 saturated heterocycles. The van der Waals surface area contributed by atoms with Gasteiger partial charge >= 0.3 is 5.97 Å². The van der Waals surface area contributed by atoms with Gasteiger partial charge in [0, 0.05) is 0 Å². The predicted molar refractivity (Wildman–Crippen MR) is 26.8 cm³/mol. The van der Waals surface area contributed by atoms with Crippen molar-refractivity contribution < 1.29 is 18.9 Å². The third kappa shape index (κ3) is 2.25. The average Bonchev–Trinajstić information content (AvgIpc) is 1.67. The third-order valence-electron chi connectivity index (χ3n) is 0.366. The van der Waals surface area contributed by atoms with Gasteiger partial charge in [0.15, 0.2) is 0 Å². The second-order valence-corrected chi connectivity index (χ2v) is 1.31. The zero-order chi connectivity index (χ0) is 6.57. The monoisotopic (exact) mass is 134 g/mol. The number of Topliss-reactive ketones (excluding diaryl/α,β-unsaturated/α-hetero) is 1. The Kier molecular flexibility index (Phi) is 2.71. The normalized spacial score (nSPS) is 7.50. The summed E-state index contributed by atoms with van der Waals surface area (Å²) < 4.78 is 9.42. The number of hydrogen-bond acceptors (Lipinski definition) is 3. The number of carboxylic acids is 1. The molecule has 0 aromatic carbocycles. The Morgan fingerprint density at radius 1 is 1.50 bits per heavy atom. The fraction of sp³-hybridized carbons (Fsp3) is 0. The maximum Gasteiger partial charge on any atom is 0.377 e. The van der Waals surface area contributed by atoms with Crippen molar-refractivity contribution in [1.82, 2.24) is 0 Å². The highest BCUT2D eigenvalue weighted by Crippen LogP contribution is 1.61. The van der Waals surface area contributed by atoms with Crippen LogP contribution in [-0.4, -0.2) is 26.4 Å². The molecule has 44 valence electrons. The van der Waals surface area contributed by atoms with Crippen molar-refractivity contribution in [2.75, 3.05) is 0 Å².